The van der Waals surface area contributed by atoms with E-state index in [2.05, 4.69) is 4.98 Å². The number of benzene rings is 1. The van der Waals surface area contributed by atoms with E-state index in [1.807, 2.05) is 26.0 Å². The molecule has 2 rings (SSSR count). The normalized spacial score (nSPS) is 10.2. The van der Waals surface area contributed by atoms with Crippen molar-refractivity contribution < 1.29 is 4.79 Å². The second-order valence-electron chi connectivity index (χ2n) is 4.33. The smallest absolute Gasteiger partial charge is 0.258 e. The van der Waals surface area contributed by atoms with E-state index in [9.17, 15) is 4.79 Å². The van der Waals surface area contributed by atoms with Gasteiger partial charge in [-0.15, -0.1) is 0 Å². The maximum Gasteiger partial charge on any atom is 0.258 e. The Balaban J connectivity index is 2.31. The molecular formula is C15H17N3O. The van der Waals surface area contributed by atoms with Gasteiger partial charge >= 0.3 is 0 Å². The summed E-state index contributed by atoms with van der Waals surface area (Å²) in [5.41, 5.74) is 8.67. The highest BCUT2D eigenvalue weighted by molar-refractivity contribution is 6.06. The van der Waals surface area contributed by atoms with Crippen molar-refractivity contribution >= 4 is 17.3 Å². The summed E-state index contributed by atoms with van der Waals surface area (Å²) in [5, 5.41) is 0. The number of pyridine rings is 1. The highest BCUT2D eigenvalue weighted by Gasteiger charge is 2.16. The van der Waals surface area contributed by atoms with Crippen LogP contribution in [0.2, 0.25) is 0 Å². The van der Waals surface area contributed by atoms with Gasteiger partial charge in [-0.1, -0.05) is 0 Å². The van der Waals surface area contributed by atoms with E-state index >= 15 is 0 Å². The molecule has 98 valence electrons. The Morgan fingerprint density at radius 2 is 1.95 bits per heavy atom. The molecule has 2 aromatic rings. The number of rotatable bonds is 3. The fraction of sp³-hybridized carbons (Fsp3) is 0.200. The lowest BCUT2D eigenvalue weighted by Gasteiger charge is -2.21. The highest BCUT2D eigenvalue weighted by Crippen LogP contribution is 2.18. The first-order chi connectivity index (χ1) is 9.11. The SMILES string of the molecule is CCN(C(=O)c1ccnc(C)c1)c1ccc(N)cc1. The van der Waals surface area contributed by atoms with Gasteiger partial charge in [-0.2, -0.15) is 0 Å². The summed E-state index contributed by atoms with van der Waals surface area (Å²) >= 11 is 0. The Labute approximate surface area is 112 Å². The second-order valence-corrected chi connectivity index (χ2v) is 4.33. The summed E-state index contributed by atoms with van der Waals surface area (Å²) in [6.45, 7) is 4.42. The Kier molecular flexibility index (Phi) is 3.80. The molecule has 0 spiro atoms. The summed E-state index contributed by atoms with van der Waals surface area (Å²) in [7, 11) is 0. The standard InChI is InChI=1S/C15H17N3O/c1-3-18(14-6-4-13(16)5-7-14)15(19)12-8-9-17-11(2)10-12/h4-10H,3,16H2,1-2H3. The number of amides is 1. The topological polar surface area (TPSA) is 59.2 Å². The molecule has 1 aromatic carbocycles. The summed E-state index contributed by atoms with van der Waals surface area (Å²) in [6, 6.07) is 10.8. The minimum Gasteiger partial charge on any atom is -0.399 e. The van der Waals surface area contributed by atoms with Crippen molar-refractivity contribution in [2.24, 2.45) is 0 Å². The van der Waals surface area contributed by atoms with Crippen LogP contribution in [-0.2, 0) is 0 Å². The zero-order chi connectivity index (χ0) is 13.8. The molecule has 0 fully saturated rings. The van der Waals surface area contributed by atoms with Gasteiger partial charge in [0.2, 0.25) is 0 Å². The third kappa shape index (κ3) is 2.91. The van der Waals surface area contributed by atoms with Crippen molar-refractivity contribution in [1.82, 2.24) is 4.98 Å². The van der Waals surface area contributed by atoms with Crippen molar-refractivity contribution in [2.45, 2.75) is 13.8 Å². The largest absolute Gasteiger partial charge is 0.399 e. The van der Waals surface area contributed by atoms with Crippen LogP contribution in [0.1, 0.15) is 23.0 Å². The lowest BCUT2D eigenvalue weighted by Crippen LogP contribution is -2.30. The number of hydrogen-bond donors (Lipinski definition) is 1. The first kappa shape index (κ1) is 13.1. The third-order valence-corrected chi connectivity index (χ3v) is 2.91. The molecule has 4 nitrogen and oxygen atoms in total. The first-order valence-corrected chi connectivity index (χ1v) is 6.22. The third-order valence-electron chi connectivity index (χ3n) is 2.91. The zero-order valence-corrected chi connectivity index (χ0v) is 11.1. The Morgan fingerprint density at radius 3 is 2.53 bits per heavy atom. The number of nitrogen functional groups attached to an aromatic ring is 1. The van der Waals surface area contributed by atoms with Gasteiger partial charge in [0.05, 0.1) is 0 Å². The molecule has 0 aliphatic carbocycles. The predicted octanol–water partition coefficient (Wildman–Crippen LogP) is 2.64. The van der Waals surface area contributed by atoms with Gasteiger partial charge in [0.1, 0.15) is 0 Å². The van der Waals surface area contributed by atoms with Gasteiger partial charge in [-0.3, -0.25) is 9.78 Å². The van der Waals surface area contributed by atoms with Gasteiger partial charge in [0.15, 0.2) is 0 Å². The van der Waals surface area contributed by atoms with Crippen molar-refractivity contribution in [3.63, 3.8) is 0 Å². The minimum absolute atomic E-state index is 0.0298. The molecule has 0 bridgehead atoms. The number of aromatic nitrogens is 1. The quantitative estimate of drug-likeness (QED) is 0.858. The molecule has 4 heteroatoms. The summed E-state index contributed by atoms with van der Waals surface area (Å²) in [5.74, 6) is -0.0298. The maximum absolute atomic E-state index is 12.5. The molecule has 1 aromatic heterocycles. The number of nitrogens with two attached hydrogens (primary N) is 1. The molecule has 0 saturated heterocycles. The van der Waals surface area contributed by atoms with E-state index in [0.717, 1.165) is 11.4 Å². The minimum atomic E-state index is -0.0298. The molecule has 0 aliphatic rings. The second kappa shape index (κ2) is 5.52. The van der Waals surface area contributed by atoms with Crippen molar-refractivity contribution in [1.29, 1.82) is 0 Å². The fourth-order valence-corrected chi connectivity index (χ4v) is 1.93. The Morgan fingerprint density at radius 1 is 1.26 bits per heavy atom. The molecule has 1 amide bonds. The average molecular weight is 255 g/mol. The first-order valence-electron chi connectivity index (χ1n) is 6.22. The molecular weight excluding hydrogens is 238 g/mol. The predicted molar refractivity (Wildman–Crippen MR) is 77.2 cm³/mol. The van der Waals surface area contributed by atoms with Crippen LogP contribution < -0.4 is 10.6 Å². The molecule has 0 aliphatic heterocycles. The number of anilines is 2. The van der Waals surface area contributed by atoms with E-state index < -0.39 is 0 Å². The average Bonchev–Trinajstić information content (AvgIpc) is 2.41. The van der Waals surface area contributed by atoms with Gasteiger partial charge in [0, 0.05) is 35.4 Å². The molecule has 0 atom stereocenters. The maximum atomic E-state index is 12.5. The zero-order valence-electron chi connectivity index (χ0n) is 11.1. The number of carbonyl (C=O) groups excluding carboxylic acids is 1. The lowest BCUT2D eigenvalue weighted by atomic mass is 10.2. The molecule has 2 N–H and O–H groups in total. The van der Waals surface area contributed by atoms with Gasteiger partial charge in [-0.05, 0) is 50.2 Å². The van der Waals surface area contributed by atoms with Gasteiger partial charge < -0.3 is 10.6 Å². The van der Waals surface area contributed by atoms with E-state index in [0.29, 0.717) is 17.8 Å². The van der Waals surface area contributed by atoms with Crippen LogP contribution in [0.25, 0.3) is 0 Å². The monoisotopic (exact) mass is 255 g/mol. The van der Waals surface area contributed by atoms with Crippen LogP contribution in [0.3, 0.4) is 0 Å². The van der Waals surface area contributed by atoms with Crippen molar-refractivity contribution in [3.8, 4) is 0 Å². The molecule has 0 unspecified atom stereocenters. The lowest BCUT2D eigenvalue weighted by molar-refractivity contribution is 0.0988. The number of hydrogen-bond acceptors (Lipinski definition) is 3. The molecule has 1 heterocycles. The Hall–Kier alpha value is -2.36. The summed E-state index contributed by atoms with van der Waals surface area (Å²) in [6.07, 6.45) is 1.65. The van der Waals surface area contributed by atoms with E-state index in [1.165, 1.54) is 0 Å². The number of nitrogens with zero attached hydrogens (tertiary/aromatic N) is 2. The fourth-order valence-electron chi connectivity index (χ4n) is 1.93. The van der Waals surface area contributed by atoms with Crippen LogP contribution in [0.15, 0.2) is 42.6 Å². The summed E-state index contributed by atoms with van der Waals surface area (Å²) < 4.78 is 0. The summed E-state index contributed by atoms with van der Waals surface area (Å²) in [4.78, 5) is 18.3. The molecule has 0 radical (unpaired) electrons. The molecule has 19 heavy (non-hydrogen) atoms. The van der Waals surface area contributed by atoms with Crippen molar-refractivity contribution in [3.05, 3.63) is 53.9 Å². The van der Waals surface area contributed by atoms with Gasteiger partial charge in [0.25, 0.3) is 5.91 Å². The van der Waals surface area contributed by atoms with Gasteiger partial charge in [-0.25, -0.2) is 0 Å². The van der Waals surface area contributed by atoms with E-state index in [4.69, 9.17) is 5.73 Å². The van der Waals surface area contributed by atoms with Crippen molar-refractivity contribution in [2.75, 3.05) is 17.2 Å². The van der Waals surface area contributed by atoms with Crippen LogP contribution in [-0.4, -0.2) is 17.4 Å². The molecule has 0 saturated carbocycles. The van der Waals surface area contributed by atoms with E-state index in [1.54, 1.807) is 35.4 Å². The van der Waals surface area contributed by atoms with Crippen LogP contribution in [0.4, 0.5) is 11.4 Å². The van der Waals surface area contributed by atoms with E-state index in [-0.39, 0.29) is 5.91 Å². The number of carbonyl (C=O) groups is 1. The number of aryl methyl sites for hydroxylation is 1. The van der Waals surface area contributed by atoms with Crippen LogP contribution in [0, 0.1) is 6.92 Å². The van der Waals surface area contributed by atoms with Crippen LogP contribution in [0.5, 0.6) is 0 Å². The van der Waals surface area contributed by atoms with Crippen LogP contribution >= 0.6 is 0 Å². The highest BCUT2D eigenvalue weighted by atomic mass is 16.2. The Bertz CT molecular complexity index is 578.